The standard InChI is InChI=1S/C19H19N3OS/c23-19(17-11-20-13-24-17)22-9-3-4-14(12-22)10-16-6-1-5-15-7-2-8-21-18(15)16/h1-2,5-8,11,13-14H,3-4,9-10,12H2. The van der Waals surface area contributed by atoms with Crippen molar-refractivity contribution in [3.63, 3.8) is 0 Å². The Morgan fingerprint density at radius 1 is 1.29 bits per heavy atom. The van der Waals surface area contributed by atoms with Gasteiger partial charge >= 0.3 is 0 Å². The number of rotatable bonds is 3. The number of nitrogens with zero attached hydrogens (tertiary/aromatic N) is 3. The second-order valence-corrected chi connectivity index (χ2v) is 7.21. The molecule has 1 saturated heterocycles. The Bertz CT molecular complexity index is 841. The Balaban J connectivity index is 1.51. The number of pyridine rings is 1. The van der Waals surface area contributed by atoms with E-state index in [1.807, 2.05) is 17.2 Å². The van der Waals surface area contributed by atoms with Crippen LogP contribution in [0.5, 0.6) is 0 Å². The molecule has 1 aromatic carbocycles. The van der Waals surface area contributed by atoms with Crippen LogP contribution in [0.3, 0.4) is 0 Å². The van der Waals surface area contributed by atoms with Gasteiger partial charge in [0.2, 0.25) is 0 Å². The van der Waals surface area contributed by atoms with E-state index in [-0.39, 0.29) is 5.91 Å². The predicted molar refractivity (Wildman–Crippen MR) is 96.2 cm³/mol. The third kappa shape index (κ3) is 3.04. The number of piperidine rings is 1. The molecule has 122 valence electrons. The summed E-state index contributed by atoms with van der Waals surface area (Å²) in [5.74, 6) is 0.612. The number of likely N-dealkylation sites (tertiary alicyclic amines) is 1. The van der Waals surface area contributed by atoms with Gasteiger partial charge in [0.15, 0.2) is 0 Å². The minimum absolute atomic E-state index is 0.123. The minimum atomic E-state index is 0.123. The van der Waals surface area contributed by atoms with E-state index < -0.39 is 0 Å². The summed E-state index contributed by atoms with van der Waals surface area (Å²) in [5, 5.41) is 1.18. The highest BCUT2D eigenvalue weighted by atomic mass is 32.1. The zero-order chi connectivity index (χ0) is 16.4. The van der Waals surface area contributed by atoms with Crippen molar-refractivity contribution < 1.29 is 4.79 Å². The highest BCUT2D eigenvalue weighted by molar-refractivity contribution is 7.11. The summed E-state index contributed by atoms with van der Waals surface area (Å²) in [6.07, 6.45) is 6.72. The Kier molecular flexibility index (Phi) is 4.26. The normalized spacial score (nSPS) is 18.0. The van der Waals surface area contributed by atoms with Crippen molar-refractivity contribution in [1.29, 1.82) is 0 Å². The van der Waals surface area contributed by atoms with E-state index in [4.69, 9.17) is 0 Å². The van der Waals surface area contributed by atoms with Crippen molar-refractivity contribution in [1.82, 2.24) is 14.9 Å². The van der Waals surface area contributed by atoms with Crippen molar-refractivity contribution in [2.45, 2.75) is 19.3 Å². The molecule has 4 nitrogen and oxygen atoms in total. The average Bonchev–Trinajstić information content (AvgIpc) is 3.16. The van der Waals surface area contributed by atoms with E-state index in [0.717, 1.165) is 42.7 Å². The summed E-state index contributed by atoms with van der Waals surface area (Å²) in [6, 6.07) is 10.4. The van der Waals surface area contributed by atoms with Crippen molar-refractivity contribution >= 4 is 28.1 Å². The average molecular weight is 337 g/mol. The zero-order valence-corrected chi connectivity index (χ0v) is 14.2. The number of thiazole rings is 1. The molecule has 1 unspecified atom stereocenters. The third-order valence-corrected chi connectivity index (χ3v) is 5.44. The topological polar surface area (TPSA) is 46.1 Å². The fourth-order valence-corrected chi connectivity index (χ4v) is 4.12. The molecule has 2 aromatic heterocycles. The van der Waals surface area contributed by atoms with E-state index in [1.165, 1.54) is 22.3 Å². The van der Waals surface area contributed by atoms with Crippen LogP contribution in [-0.2, 0) is 6.42 Å². The summed E-state index contributed by atoms with van der Waals surface area (Å²) in [5.41, 5.74) is 4.09. The fraction of sp³-hybridized carbons (Fsp3) is 0.316. The highest BCUT2D eigenvalue weighted by Crippen LogP contribution is 2.25. The summed E-state index contributed by atoms with van der Waals surface area (Å²) < 4.78 is 0. The van der Waals surface area contributed by atoms with Gasteiger partial charge in [0.25, 0.3) is 5.91 Å². The molecule has 4 rings (SSSR count). The maximum absolute atomic E-state index is 12.6. The first kappa shape index (κ1) is 15.3. The van der Waals surface area contributed by atoms with Crippen LogP contribution in [-0.4, -0.2) is 33.9 Å². The number of carbonyl (C=O) groups excluding carboxylic acids is 1. The molecule has 5 heteroatoms. The van der Waals surface area contributed by atoms with Crippen LogP contribution in [0, 0.1) is 5.92 Å². The number of hydrogen-bond donors (Lipinski definition) is 0. The van der Waals surface area contributed by atoms with Crippen LogP contribution in [0.1, 0.15) is 28.1 Å². The van der Waals surface area contributed by atoms with Gasteiger partial charge in [-0.3, -0.25) is 14.8 Å². The van der Waals surface area contributed by atoms with Crippen molar-refractivity contribution in [3.8, 4) is 0 Å². The summed E-state index contributed by atoms with van der Waals surface area (Å²) in [7, 11) is 0. The lowest BCUT2D eigenvalue weighted by Gasteiger charge is -2.32. The van der Waals surface area contributed by atoms with Gasteiger partial charge in [0, 0.05) is 24.7 Å². The molecule has 24 heavy (non-hydrogen) atoms. The van der Waals surface area contributed by atoms with Crippen molar-refractivity contribution in [2.24, 2.45) is 5.92 Å². The number of aromatic nitrogens is 2. The van der Waals surface area contributed by atoms with E-state index >= 15 is 0 Å². The van der Waals surface area contributed by atoms with Gasteiger partial charge < -0.3 is 4.90 Å². The molecule has 0 bridgehead atoms. The van der Waals surface area contributed by atoms with Crippen LogP contribution in [0.15, 0.2) is 48.2 Å². The Morgan fingerprint density at radius 2 is 2.21 bits per heavy atom. The van der Waals surface area contributed by atoms with Crippen LogP contribution >= 0.6 is 11.3 Å². The Morgan fingerprint density at radius 3 is 3.08 bits per heavy atom. The lowest BCUT2D eigenvalue weighted by molar-refractivity contribution is 0.0678. The second-order valence-electron chi connectivity index (χ2n) is 6.32. The lowest BCUT2D eigenvalue weighted by Crippen LogP contribution is -2.40. The SMILES string of the molecule is O=C(c1cncs1)N1CCCC(Cc2cccc3cccnc23)C1. The number of amides is 1. The van der Waals surface area contributed by atoms with Gasteiger partial charge in [-0.1, -0.05) is 24.3 Å². The molecule has 3 heterocycles. The van der Waals surface area contributed by atoms with Gasteiger partial charge in [0.05, 0.1) is 17.2 Å². The van der Waals surface area contributed by atoms with Crippen molar-refractivity contribution in [2.75, 3.05) is 13.1 Å². The molecule has 0 aliphatic carbocycles. The summed E-state index contributed by atoms with van der Waals surface area (Å²) >= 11 is 1.42. The van der Waals surface area contributed by atoms with E-state index in [0.29, 0.717) is 5.92 Å². The lowest BCUT2D eigenvalue weighted by atomic mass is 9.90. The number of carbonyl (C=O) groups is 1. The Labute approximate surface area is 145 Å². The predicted octanol–water partition coefficient (Wildman–Crippen LogP) is 3.79. The summed E-state index contributed by atoms with van der Waals surface area (Å²) in [6.45, 7) is 1.67. The maximum Gasteiger partial charge on any atom is 0.265 e. The molecule has 0 radical (unpaired) electrons. The number of fused-ring (bicyclic) bond motifs is 1. The quantitative estimate of drug-likeness (QED) is 0.730. The number of para-hydroxylation sites is 1. The first-order valence-electron chi connectivity index (χ1n) is 8.31. The first-order chi connectivity index (χ1) is 11.8. The Hall–Kier alpha value is -2.27. The second kappa shape index (κ2) is 6.69. The van der Waals surface area contributed by atoms with Gasteiger partial charge in [-0.25, -0.2) is 0 Å². The molecule has 1 aliphatic heterocycles. The molecule has 1 aliphatic rings. The third-order valence-electron chi connectivity index (χ3n) is 4.67. The van der Waals surface area contributed by atoms with Gasteiger partial charge in [-0.15, -0.1) is 11.3 Å². The largest absolute Gasteiger partial charge is 0.338 e. The minimum Gasteiger partial charge on any atom is -0.338 e. The van der Waals surface area contributed by atoms with E-state index in [1.54, 1.807) is 11.7 Å². The molecule has 1 amide bonds. The molecule has 0 spiro atoms. The summed E-state index contributed by atoms with van der Waals surface area (Å²) in [4.78, 5) is 23.9. The molecular weight excluding hydrogens is 318 g/mol. The number of benzene rings is 1. The fourth-order valence-electron chi connectivity index (χ4n) is 3.54. The van der Waals surface area contributed by atoms with Crippen LogP contribution in [0.4, 0.5) is 0 Å². The molecular formula is C19H19N3OS. The zero-order valence-electron chi connectivity index (χ0n) is 13.4. The van der Waals surface area contributed by atoms with E-state index in [9.17, 15) is 4.79 Å². The van der Waals surface area contributed by atoms with Crippen LogP contribution in [0.2, 0.25) is 0 Å². The molecule has 1 atom stereocenters. The van der Waals surface area contributed by atoms with Gasteiger partial charge in [0.1, 0.15) is 4.88 Å². The van der Waals surface area contributed by atoms with E-state index in [2.05, 4.69) is 34.2 Å². The van der Waals surface area contributed by atoms with Gasteiger partial charge in [-0.05, 0) is 36.8 Å². The maximum atomic E-state index is 12.6. The smallest absolute Gasteiger partial charge is 0.265 e. The molecule has 0 N–H and O–H groups in total. The van der Waals surface area contributed by atoms with Gasteiger partial charge in [-0.2, -0.15) is 0 Å². The molecule has 1 fully saturated rings. The molecule has 3 aromatic rings. The number of hydrogen-bond acceptors (Lipinski definition) is 4. The first-order valence-corrected chi connectivity index (χ1v) is 9.19. The van der Waals surface area contributed by atoms with Crippen LogP contribution < -0.4 is 0 Å². The molecule has 0 saturated carbocycles. The van der Waals surface area contributed by atoms with Crippen LogP contribution in [0.25, 0.3) is 10.9 Å². The highest BCUT2D eigenvalue weighted by Gasteiger charge is 2.25. The monoisotopic (exact) mass is 337 g/mol. The van der Waals surface area contributed by atoms with Crippen molar-refractivity contribution in [3.05, 3.63) is 58.7 Å².